The molecule has 118 valence electrons. The van der Waals surface area contributed by atoms with Crippen LogP contribution in [-0.4, -0.2) is 63.0 Å². The second-order valence-electron chi connectivity index (χ2n) is 4.76. The van der Waals surface area contributed by atoms with E-state index in [-0.39, 0.29) is 18.1 Å². The van der Waals surface area contributed by atoms with Crippen molar-refractivity contribution in [3.63, 3.8) is 0 Å². The molecule has 2 heterocycles. The van der Waals surface area contributed by atoms with Crippen LogP contribution in [0.1, 0.15) is 12.8 Å². The minimum atomic E-state index is -3.18. The maximum atomic E-state index is 11.2. The lowest BCUT2D eigenvalue weighted by molar-refractivity contribution is 0.338. The van der Waals surface area contributed by atoms with Crippen LogP contribution in [0.15, 0.2) is 0 Å². The van der Waals surface area contributed by atoms with E-state index >= 15 is 0 Å². The van der Waals surface area contributed by atoms with Gasteiger partial charge in [0.2, 0.25) is 16.0 Å². The predicted molar refractivity (Wildman–Crippen MR) is 76.1 cm³/mol. The largest absolute Gasteiger partial charge is 0.467 e. The molecule has 9 nitrogen and oxygen atoms in total. The van der Waals surface area contributed by atoms with E-state index in [0.717, 1.165) is 0 Å². The van der Waals surface area contributed by atoms with Gasteiger partial charge in [-0.25, -0.2) is 13.1 Å². The van der Waals surface area contributed by atoms with E-state index in [4.69, 9.17) is 9.47 Å². The van der Waals surface area contributed by atoms with Gasteiger partial charge in [-0.05, 0) is 12.8 Å². The zero-order valence-corrected chi connectivity index (χ0v) is 13.1. The molecule has 1 aliphatic rings. The van der Waals surface area contributed by atoms with Gasteiger partial charge in [-0.2, -0.15) is 9.97 Å². The van der Waals surface area contributed by atoms with Crippen molar-refractivity contribution >= 4 is 16.0 Å². The van der Waals surface area contributed by atoms with Crippen LogP contribution in [0.4, 0.5) is 5.95 Å². The van der Waals surface area contributed by atoms with E-state index in [1.54, 1.807) is 0 Å². The van der Waals surface area contributed by atoms with Crippen LogP contribution < -0.4 is 19.1 Å². The summed E-state index contributed by atoms with van der Waals surface area (Å²) in [6, 6.07) is 0.323. The summed E-state index contributed by atoms with van der Waals surface area (Å²) in [6.07, 6.45) is 2.54. The molecule has 0 unspecified atom stereocenters. The number of hydrogen-bond donors (Lipinski definition) is 1. The summed E-state index contributed by atoms with van der Waals surface area (Å²) in [5, 5.41) is 0. The minimum Gasteiger partial charge on any atom is -0.467 e. The lowest BCUT2D eigenvalue weighted by atomic mass is 10.1. The molecule has 1 N–H and O–H groups in total. The third kappa shape index (κ3) is 4.39. The van der Waals surface area contributed by atoms with Crippen molar-refractivity contribution in [2.24, 2.45) is 0 Å². The fraction of sp³-hybridized carbons (Fsp3) is 0.727. The zero-order chi connectivity index (χ0) is 15.5. The molecule has 0 bridgehead atoms. The number of sulfonamides is 1. The van der Waals surface area contributed by atoms with E-state index < -0.39 is 10.0 Å². The molecule has 0 amide bonds. The number of ether oxygens (including phenoxy) is 2. The van der Waals surface area contributed by atoms with Crippen molar-refractivity contribution in [1.82, 2.24) is 19.7 Å². The normalized spacial score (nSPS) is 16.8. The number of methoxy groups -OCH3 is 2. The van der Waals surface area contributed by atoms with Crippen LogP contribution in [0.2, 0.25) is 0 Å². The van der Waals surface area contributed by atoms with Crippen LogP contribution in [-0.2, 0) is 10.0 Å². The van der Waals surface area contributed by atoms with Crippen molar-refractivity contribution in [3.05, 3.63) is 0 Å². The van der Waals surface area contributed by atoms with Crippen molar-refractivity contribution in [2.75, 3.05) is 38.5 Å². The van der Waals surface area contributed by atoms with Crippen LogP contribution in [0.5, 0.6) is 12.0 Å². The fourth-order valence-electron chi connectivity index (χ4n) is 2.15. The third-order valence-electron chi connectivity index (χ3n) is 3.11. The third-order valence-corrected chi connectivity index (χ3v) is 3.87. The first-order chi connectivity index (χ1) is 9.91. The van der Waals surface area contributed by atoms with Crippen LogP contribution in [0, 0.1) is 0 Å². The fourth-order valence-corrected chi connectivity index (χ4v) is 2.99. The SMILES string of the molecule is COc1nc(OC)nc(N2CCC(NS(C)(=O)=O)CC2)n1. The summed E-state index contributed by atoms with van der Waals surface area (Å²) < 4.78 is 35.1. The summed E-state index contributed by atoms with van der Waals surface area (Å²) in [6.45, 7) is 1.28. The number of piperidine rings is 1. The average molecular weight is 317 g/mol. The Bertz CT molecular complexity index is 564. The van der Waals surface area contributed by atoms with Crippen molar-refractivity contribution in [1.29, 1.82) is 0 Å². The highest BCUT2D eigenvalue weighted by Gasteiger charge is 2.24. The quantitative estimate of drug-likeness (QED) is 0.768. The molecular weight excluding hydrogens is 298 g/mol. The molecule has 0 saturated carbocycles. The molecule has 0 spiro atoms. The Morgan fingerprint density at radius 2 is 1.62 bits per heavy atom. The highest BCUT2D eigenvalue weighted by Crippen LogP contribution is 2.20. The number of nitrogens with zero attached hydrogens (tertiary/aromatic N) is 4. The lowest BCUT2D eigenvalue weighted by Crippen LogP contribution is -2.44. The van der Waals surface area contributed by atoms with E-state index in [2.05, 4.69) is 19.7 Å². The van der Waals surface area contributed by atoms with Crippen molar-refractivity contribution in [3.8, 4) is 12.0 Å². The van der Waals surface area contributed by atoms with E-state index in [1.165, 1.54) is 20.5 Å². The van der Waals surface area contributed by atoms with Gasteiger partial charge < -0.3 is 14.4 Å². The van der Waals surface area contributed by atoms with Gasteiger partial charge in [-0.1, -0.05) is 0 Å². The Morgan fingerprint density at radius 3 is 2.05 bits per heavy atom. The Morgan fingerprint density at radius 1 is 1.10 bits per heavy atom. The first-order valence-corrected chi connectivity index (χ1v) is 8.36. The molecule has 1 saturated heterocycles. The maximum Gasteiger partial charge on any atom is 0.324 e. The monoisotopic (exact) mass is 317 g/mol. The van der Waals surface area contributed by atoms with Gasteiger partial charge in [0.15, 0.2) is 0 Å². The maximum absolute atomic E-state index is 11.2. The van der Waals surface area contributed by atoms with Gasteiger partial charge in [-0.15, -0.1) is 4.98 Å². The smallest absolute Gasteiger partial charge is 0.324 e. The summed E-state index contributed by atoms with van der Waals surface area (Å²) in [5.74, 6) is 0.469. The van der Waals surface area contributed by atoms with Gasteiger partial charge >= 0.3 is 12.0 Å². The number of hydrogen-bond acceptors (Lipinski definition) is 8. The van der Waals surface area contributed by atoms with Crippen molar-refractivity contribution < 1.29 is 17.9 Å². The molecule has 0 aliphatic carbocycles. The van der Waals surface area contributed by atoms with Gasteiger partial charge in [0.1, 0.15) is 0 Å². The Kier molecular flexibility index (Phi) is 4.78. The first-order valence-electron chi connectivity index (χ1n) is 6.47. The second kappa shape index (κ2) is 6.39. The van der Waals surface area contributed by atoms with E-state index in [1.807, 2.05) is 4.90 Å². The van der Waals surface area contributed by atoms with Gasteiger partial charge in [0.05, 0.1) is 20.5 Å². The van der Waals surface area contributed by atoms with E-state index in [9.17, 15) is 8.42 Å². The Hall–Kier alpha value is -1.68. The van der Waals surface area contributed by atoms with Crippen molar-refractivity contribution in [2.45, 2.75) is 18.9 Å². The van der Waals surface area contributed by atoms with Crippen LogP contribution >= 0.6 is 0 Å². The van der Waals surface area contributed by atoms with Gasteiger partial charge in [-0.3, -0.25) is 0 Å². The predicted octanol–water partition coefficient (Wildman–Crippen LogP) is -0.593. The molecule has 21 heavy (non-hydrogen) atoms. The number of aromatic nitrogens is 3. The molecular formula is C11H19N5O4S. The molecule has 1 fully saturated rings. The summed E-state index contributed by atoms with van der Waals surface area (Å²) >= 11 is 0. The average Bonchev–Trinajstić information content (AvgIpc) is 2.45. The lowest BCUT2D eigenvalue weighted by Gasteiger charge is -2.31. The number of anilines is 1. The first kappa shape index (κ1) is 15.7. The zero-order valence-electron chi connectivity index (χ0n) is 12.2. The molecule has 1 aromatic heterocycles. The van der Waals surface area contributed by atoms with Crippen LogP contribution in [0.3, 0.4) is 0 Å². The molecule has 0 atom stereocenters. The molecule has 0 radical (unpaired) electrons. The van der Waals surface area contributed by atoms with Gasteiger partial charge in [0.25, 0.3) is 0 Å². The summed E-state index contributed by atoms with van der Waals surface area (Å²) in [7, 11) is -0.231. The highest BCUT2D eigenvalue weighted by atomic mass is 32.2. The molecule has 0 aromatic carbocycles. The highest BCUT2D eigenvalue weighted by molar-refractivity contribution is 7.88. The second-order valence-corrected chi connectivity index (χ2v) is 6.54. The summed E-state index contributed by atoms with van der Waals surface area (Å²) in [4.78, 5) is 14.3. The number of rotatable bonds is 5. The van der Waals surface area contributed by atoms with Gasteiger partial charge in [0, 0.05) is 19.1 Å². The Labute approximate surface area is 123 Å². The molecule has 1 aromatic rings. The molecule has 10 heteroatoms. The molecule has 1 aliphatic heterocycles. The topological polar surface area (TPSA) is 107 Å². The standard InChI is InChI=1S/C11H19N5O4S/c1-19-10-12-9(13-11(14-10)20-2)16-6-4-8(5-7-16)15-21(3,17)18/h8,15H,4-7H2,1-3H3. The molecule has 2 rings (SSSR count). The van der Waals surface area contributed by atoms with E-state index in [0.29, 0.717) is 31.9 Å². The van der Waals surface area contributed by atoms with Crippen LogP contribution in [0.25, 0.3) is 0 Å². The number of nitrogens with one attached hydrogen (secondary N) is 1. The minimum absolute atomic E-state index is 0.0538. The Balaban J connectivity index is 2.05. The summed E-state index contributed by atoms with van der Waals surface area (Å²) in [5.41, 5.74) is 0.